The number of alkyl halides is 3. The first-order valence-electron chi connectivity index (χ1n) is 9.92. The van der Waals surface area contributed by atoms with Gasteiger partial charge in [0.15, 0.2) is 0 Å². The molecule has 166 valence electrons. The van der Waals surface area contributed by atoms with Crippen LogP contribution >= 0.6 is 0 Å². The lowest BCUT2D eigenvalue weighted by Gasteiger charge is -2.29. The van der Waals surface area contributed by atoms with Crippen molar-refractivity contribution in [3.63, 3.8) is 0 Å². The lowest BCUT2D eigenvalue weighted by Crippen LogP contribution is -2.35. The number of methoxy groups -OCH3 is 1. The van der Waals surface area contributed by atoms with Gasteiger partial charge in [-0.3, -0.25) is 9.59 Å². The molecule has 0 aromatic heterocycles. The molecule has 0 bridgehead atoms. The molecule has 0 radical (unpaired) electrons. The van der Waals surface area contributed by atoms with Gasteiger partial charge in [0.1, 0.15) is 0 Å². The van der Waals surface area contributed by atoms with Gasteiger partial charge in [-0.25, -0.2) is 0 Å². The Bertz CT molecular complexity index is 759. The number of benzene rings is 2. The predicted molar refractivity (Wildman–Crippen MR) is 114 cm³/mol. The molecule has 0 N–H and O–H groups in total. The Labute approximate surface area is 176 Å². The molecule has 0 unspecified atom stereocenters. The van der Waals surface area contributed by atoms with Crippen molar-refractivity contribution < 1.29 is 27.5 Å². The van der Waals surface area contributed by atoms with E-state index in [0.29, 0.717) is 13.0 Å². The third-order valence-electron chi connectivity index (χ3n) is 3.91. The third kappa shape index (κ3) is 7.89. The molecule has 1 amide bonds. The van der Waals surface area contributed by atoms with E-state index < -0.39 is 11.7 Å². The fourth-order valence-corrected chi connectivity index (χ4v) is 2.70. The van der Waals surface area contributed by atoms with E-state index in [1.165, 1.54) is 19.2 Å². The molecule has 7 heteroatoms. The summed E-state index contributed by atoms with van der Waals surface area (Å²) in [7, 11) is 1.31. The quantitative estimate of drug-likeness (QED) is 0.543. The van der Waals surface area contributed by atoms with Gasteiger partial charge in [-0.15, -0.1) is 0 Å². The summed E-state index contributed by atoms with van der Waals surface area (Å²) in [6, 6.07) is 12.0. The number of ether oxygens (including phenoxy) is 1. The minimum absolute atomic E-state index is 0.263. The van der Waals surface area contributed by atoms with Crippen LogP contribution in [0, 0.1) is 0 Å². The molecule has 1 heterocycles. The van der Waals surface area contributed by atoms with Crippen molar-refractivity contribution in [3.05, 3.63) is 65.2 Å². The topological polar surface area (TPSA) is 46.6 Å². The van der Waals surface area contributed by atoms with Gasteiger partial charge in [0, 0.05) is 17.8 Å². The predicted octanol–water partition coefficient (Wildman–Crippen LogP) is 6.14. The van der Waals surface area contributed by atoms with E-state index in [9.17, 15) is 18.0 Å². The second kappa shape index (κ2) is 14.2. The van der Waals surface area contributed by atoms with Crippen molar-refractivity contribution >= 4 is 18.1 Å². The maximum absolute atomic E-state index is 12.6. The van der Waals surface area contributed by atoms with E-state index in [4.69, 9.17) is 4.79 Å². The Morgan fingerprint density at radius 3 is 2.03 bits per heavy atom. The minimum atomic E-state index is -4.39. The summed E-state index contributed by atoms with van der Waals surface area (Å²) >= 11 is 0. The highest BCUT2D eigenvalue weighted by molar-refractivity contribution is 6.06. The van der Waals surface area contributed by atoms with Crippen molar-refractivity contribution in [1.29, 1.82) is 0 Å². The third-order valence-corrected chi connectivity index (χ3v) is 3.91. The largest absolute Gasteiger partial charge is 0.471 e. The minimum Gasteiger partial charge on any atom is -0.471 e. The molecule has 1 aliphatic rings. The normalized spacial score (nSPS) is 11.8. The molecule has 2 aromatic rings. The standard InChI is InChI=1S/C17H14F3NO.C2H4O2.2C2H6/c18-17(19,20)14-9-7-13(8-10-14)16(22)21-11-3-5-12-4-1-2-6-15(12)21;1-4-2-3;2*1-2/h1-2,4,6-10H,3,5,11H2;2H,1H3;2*1-2H3. The Morgan fingerprint density at radius 1 is 1.00 bits per heavy atom. The monoisotopic (exact) mass is 425 g/mol. The van der Waals surface area contributed by atoms with E-state index in [0.717, 1.165) is 36.2 Å². The molecule has 4 nitrogen and oxygen atoms in total. The van der Waals surface area contributed by atoms with E-state index in [1.54, 1.807) is 4.90 Å². The average molecular weight is 425 g/mol. The van der Waals surface area contributed by atoms with Crippen LogP contribution in [0.3, 0.4) is 0 Å². The van der Waals surface area contributed by atoms with Crippen LogP contribution in [0.25, 0.3) is 0 Å². The zero-order valence-electron chi connectivity index (χ0n) is 18.1. The van der Waals surface area contributed by atoms with E-state index >= 15 is 0 Å². The molecule has 3 rings (SSSR count). The number of hydrogen-bond donors (Lipinski definition) is 0. The van der Waals surface area contributed by atoms with Gasteiger partial charge < -0.3 is 9.64 Å². The number of hydrogen-bond acceptors (Lipinski definition) is 3. The second-order valence-corrected chi connectivity index (χ2v) is 5.60. The first kappa shape index (κ1) is 27.2. The van der Waals surface area contributed by atoms with Gasteiger partial charge in [0.2, 0.25) is 0 Å². The first-order chi connectivity index (χ1) is 14.4. The number of anilines is 1. The SMILES string of the molecule is CC.CC.COC=O.O=C(c1ccc(C(F)(F)F)cc1)N1CCCc2ccccc21. The van der Waals surface area contributed by atoms with Gasteiger partial charge in [-0.05, 0) is 48.7 Å². The fourth-order valence-electron chi connectivity index (χ4n) is 2.70. The fraction of sp³-hybridized carbons (Fsp3) is 0.391. The summed E-state index contributed by atoms with van der Waals surface area (Å²) in [4.78, 5) is 23.2. The smallest absolute Gasteiger partial charge is 0.416 e. The van der Waals surface area contributed by atoms with Crippen molar-refractivity contribution in [2.24, 2.45) is 0 Å². The molecule has 0 fully saturated rings. The summed E-state index contributed by atoms with van der Waals surface area (Å²) in [6.45, 7) is 8.96. The highest BCUT2D eigenvalue weighted by Gasteiger charge is 2.31. The van der Waals surface area contributed by atoms with Crippen LogP contribution in [0.5, 0.6) is 0 Å². The molecule has 1 aliphatic heterocycles. The van der Waals surface area contributed by atoms with Gasteiger partial charge in [0.05, 0.1) is 12.7 Å². The Balaban J connectivity index is 0.000000924. The number of fused-ring (bicyclic) bond motifs is 1. The van der Waals surface area contributed by atoms with Crippen molar-refractivity contribution in [2.75, 3.05) is 18.6 Å². The van der Waals surface area contributed by atoms with Crippen molar-refractivity contribution in [2.45, 2.75) is 46.7 Å². The highest BCUT2D eigenvalue weighted by atomic mass is 19.4. The number of carbonyl (C=O) groups is 2. The zero-order chi connectivity index (χ0) is 23.2. The Hall–Kier alpha value is -2.83. The lowest BCUT2D eigenvalue weighted by molar-refractivity contribution is -0.137. The number of amides is 1. The molecule has 0 saturated carbocycles. The molecule has 2 aromatic carbocycles. The van der Waals surface area contributed by atoms with Gasteiger partial charge in [-0.1, -0.05) is 45.9 Å². The molecule has 0 atom stereocenters. The molecular weight excluding hydrogens is 395 g/mol. The summed E-state index contributed by atoms with van der Waals surface area (Å²) in [5.41, 5.74) is 1.46. The summed E-state index contributed by atoms with van der Waals surface area (Å²) < 4.78 is 41.6. The number of nitrogens with zero attached hydrogens (tertiary/aromatic N) is 1. The van der Waals surface area contributed by atoms with Crippen LogP contribution in [0.1, 0.15) is 55.6 Å². The molecule has 0 aliphatic carbocycles. The maximum Gasteiger partial charge on any atom is 0.416 e. The average Bonchev–Trinajstić information content (AvgIpc) is 2.80. The number of rotatable bonds is 2. The number of carbonyl (C=O) groups excluding carboxylic acids is 2. The van der Waals surface area contributed by atoms with Crippen LogP contribution < -0.4 is 4.90 Å². The first-order valence-corrected chi connectivity index (χ1v) is 9.92. The number of halogens is 3. The Kier molecular flexibility index (Phi) is 12.9. The molecule has 30 heavy (non-hydrogen) atoms. The highest BCUT2D eigenvalue weighted by Crippen LogP contribution is 2.31. The van der Waals surface area contributed by atoms with Crippen LogP contribution in [0.2, 0.25) is 0 Å². The number of aryl methyl sites for hydroxylation is 1. The van der Waals surface area contributed by atoms with E-state index in [2.05, 4.69) is 4.74 Å². The van der Waals surface area contributed by atoms with Crippen molar-refractivity contribution in [1.82, 2.24) is 0 Å². The van der Waals surface area contributed by atoms with E-state index in [1.807, 2.05) is 52.0 Å². The molecular formula is C23H30F3NO3. The Morgan fingerprint density at radius 2 is 1.53 bits per heavy atom. The maximum atomic E-state index is 12.6. The second-order valence-electron chi connectivity index (χ2n) is 5.60. The summed E-state index contributed by atoms with van der Waals surface area (Å²) in [5.74, 6) is -0.263. The molecule has 0 spiro atoms. The lowest BCUT2D eigenvalue weighted by atomic mass is 10.0. The van der Waals surface area contributed by atoms with Crippen LogP contribution in [-0.4, -0.2) is 26.0 Å². The summed E-state index contributed by atoms with van der Waals surface area (Å²) in [6.07, 6.45) is -2.63. The van der Waals surface area contributed by atoms with Crippen molar-refractivity contribution in [3.8, 4) is 0 Å². The molecule has 0 saturated heterocycles. The van der Waals surface area contributed by atoms with Crippen LogP contribution in [0.15, 0.2) is 48.5 Å². The van der Waals surface area contributed by atoms with E-state index in [-0.39, 0.29) is 11.5 Å². The number of para-hydroxylation sites is 1. The van der Waals surface area contributed by atoms with Crippen LogP contribution in [-0.2, 0) is 22.1 Å². The summed E-state index contributed by atoms with van der Waals surface area (Å²) in [5, 5.41) is 0. The van der Waals surface area contributed by atoms with Gasteiger partial charge in [0.25, 0.3) is 12.4 Å². The zero-order valence-corrected chi connectivity index (χ0v) is 18.1. The van der Waals surface area contributed by atoms with Gasteiger partial charge in [-0.2, -0.15) is 13.2 Å². The van der Waals surface area contributed by atoms with Gasteiger partial charge >= 0.3 is 6.18 Å². The van der Waals surface area contributed by atoms with Crippen LogP contribution in [0.4, 0.5) is 18.9 Å².